The first-order chi connectivity index (χ1) is 13.5. The van der Waals surface area contributed by atoms with Gasteiger partial charge in [0.05, 0.1) is 27.7 Å². The van der Waals surface area contributed by atoms with Crippen LogP contribution in [0, 0.1) is 12.7 Å². The van der Waals surface area contributed by atoms with E-state index in [0.29, 0.717) is 6.54 Å². The molecule has 1 unspecified atom stereocenters. The van der Waals surface area contributed by atoms with Crippen molar-refractivity contribution in [2.75, 3.05) is 32.1 Å². The van der Waals surface area contributed by atoms with Gasteiger partial charge < -0.3 is 10.2 Å². The van der Waals surface area contributed by atoms with E-state index in [-0.39, 0.29) is 22.3 Å². The van der Waals surface area contributed by atoms with Gasteiger partial charge in [-0.05, 0) is 56.2 Å². The van der Waals surface area contributed by atoms with Gasteiger partial charge in [0.1, 0.15) is 5.82 Å². The number of rotatable bonds is 7. The summed E-state index contributed by atoms with van der Waals surface area (Å²) >= 11 is 1.59. The van der Waals surface area contributed by atoms with E-state index in [9.17, 15) is 21.2 Å². The van der Waals surface area contributed by atoms with Crippen molar-refractivity contribution < 1.29 is 21.2 Å². The van der Waals surface area contributed by atoms with Gasteiger partial charge in [-0.15, -0.1) is 11.3 Å². The van der Waals surface area contributed by atoms with Crippen molar-refractivity contribution in [3.05, 3.63) is 52.0 Å². The molecular formula is C19H25FN2O4S3. The Kier molecular flexibility index (Phi) is 6.50. The van der Waals surface area contributed by atoms with Crippen LogP contribution in [0.5, 0.6) is 0 Å². The van der Waals surface area contributed by atoms with Crippen LogP contribution in [0.25, 0.3) is 0 Å². The lowest BCUT2D eigenvalue weighted by atomic mass is 10.2. The van der Waals surface area contributed by atoms with Gasteiger partial charge in [0.25, 0.3) is 0 Å². The van der Waals surface area contributed by atoms with Crippen LogP contribution >= 0.6 is 11.3 Å². The average molecular weight is 461 g/mol. The number of sulfone groups is 2. The summed E-state index contributed by atoms with van der Waals surface area (Å²) in [5, 5.41) is 4.06. The number of halogens is 1. The Morgan fingerprint density at radius 1 is 1.28 bits per heavy atom. The van der Waals surface area contributed by atoms with Crippen molar-refractivity contribution in [2.24, 2.45) is 0 Å². The summed E-state index contributed by atoms with van der Waals surface area (Å²) in [6, 6.07) is 6.67. The number of hydrogen-bond donors (Lipinski definition) is 1. The molecule has 0 amide bonds. The first kappa shape index (κ1) is 22.4. The SMILES string of the molecule is Cc1cc(F)ccc1S(=O)(=O)[C@H]1CS(=O)(=O)C[C@@H]1NCC(c1cccs1)N(C)C. The maximum atomic E-state index is 13.4. The van der Waals surface area contributed by atoms with Gasteiger partial charge in [0.15, 0.2) is 19.7 Å². The minimum absolute atomic E-state index is 0.00536. The van der Waals surface area contributed by atoms with E-state index >= 15 is 0 Å². The summed E-state index contributed by atoms with van der Waals surface area (Å²) in [6.07, 6.45) is 0. The average Bonchev–Trinajstić information content (AvgIpc) is 3.22. The fourth-order valence-corrected chi connectivity index (χ4v) is 9.55. The Bertz CT molecular complexity index is 1070. The summed E-state index contributed by atoms with van der Waals surface area (Å²) in [6.45, 7) is 1.93. The molecule has 0 saturated carbocycles. The molecule has 2 aromatic rings. The molecule has 1 saturated heterocycles. The minimum atomic E-state index is -3.95. The first-order valence-corrected chi connectivity index (χ1v) is 13.4. The third kappa shape index (κ3) is 4.88. The second kappa shape index (κ2) is 8.43. The first-order valence-electron chi connectivity index (χ1n) is 9.15. The number of nitrogens with one attached hydrogen (secondary N) is 1. The highest BCUT2D eigenvalue weighted by atomic mass is 32.2. The molecule has 1 aliphatic rings. The van der Waals surface area contributed by atoms with Gasteiger partial charge >= 0.3 is 0 Å². The van der Waals surface area contributed by atoms with Gasteiger partial charge in [-0.25, -0.2) is 21.2 Å². The third-order valence-electron chi connectivity index (χ3n) is 5.21. The molecule has 1 fully saturated rings. The van der Waals surface area contributed by atoms with E-state index < -0.39 is 42.5 Å². The van der Waals surface area contributed by atoms with E-state index in [1.807, 2.05) is 36.5 Å². The lowest BCUT2D eigenvalue weighted by molar-refractivity contribution is 0.285. The predicted molar refractivity (Wildman–Crippen MR) is 113 cm³/mol. The monoisotopic (exact) mass is 460 g/mol. The molecule has 0 aliphatic carbocycles. The summed E-state index contributed by atoms with van der Waals surface area (Å²) < 4.78 is 64.5. The predicted octanol–water partition coefficient (Wildman–Crippen LogP) is 2.03. The van der Waals surface area contributed by atoms with Crippen LogP contribution in [0.4, 0.5) is 4.39 Å². The van der Waals surface area contributed by atoms with E-state index in [1.54, 1.807) is 11.3 Å². The van der Waals surface area contributed by atoms with Crippen LogP contribution < -0.4 is 5.32 Å². The molecule has 0 bridgehead atoms. The Hall–Kier alpha value is -1.33. The zero-order chi connectivity index (χ0) is 21.4. The fraction of sp³-hybridized carbons (Fsp3) is 0.474. The van der Waals surface area contributed by atoms with Crippen molar-refractivity contribution in [3.8, 4) is 0 Å². The number of nitrogens with zero attached hydrogens (tertiary/aromatic N) is 1. The Balaban J connectivity index is 1.87. The van der Waals surface area contributed by atoms with Crippen LogP contribution in [0.3, 0.4) is 0 Å². The standard InChI is InChI=1S/C19H25FN2O4S3/c1-13-9-14(20)6-7-18(13)29(25,26)19-12-28(23,24)11-15(19)21-10-16(22(2)3)17-5-4-8-27-17/h4-9,15-16,19,21H,10-12H2,1-3H3/t15-,16?,19-/m0/s1. The highest BCUT2D eigenvalue weighted by Gasteiger charge is 2.46. The van der Waals surface area contributed by atoms with Crippen LogP contribution in [-0.4, -0.2) is 65.2 Å². The van der Waals surface area contributed by atoms with Crippen molar-refractivity contribution in [1.82, 2.24) is 10.2 Å². The highest BCUT2D eigenvalue weighted by molar-refractivity contribution is 7.96. The van der Waals surface area contributed by atoms with Crippen molar-refractivity contribution in [3.63, 3.8) is 0 Å². The Morgan fingerprint density at radius 3 is 2.59 bits per heavy atom. The van der Waals surface area contributed by atoms with Crippen LogP contribution in [-0.2, 0) is 19.7 Å². The van der Waals surface area contributed by atoms with E-state index in [1.165, 1.54) is 13.0 Å². The number of likely N-dealkylation sites (N-methyl/N-ethyl adjacent to an activating group) is 1. The van der Waals surface area contributed by atoms with E-state index in [0.717, 1.165) is 17.0 Å². The summed E-state index contributed by atoms with van der Waals surface area (Å²) in [4.78, 5) is 3.10. The van der Waals surface area contributed by atoms with Crippen LogP contribution in [0.15, 0.2) is 40.6 Å². The lowest BCUT2D eigenvalue weighted by Gasteiger charge is -2.27. The molecule has 1 aromatic carbocycles. The van der Waals surface area contributed by atoms with Gasteiger partial charge in [0, 0.05) is 17.5 Å². The van der Waals surface area contributed by atoms with Crippen molar-refractivity contribution in [1.29, 1.82) is 0 Å². The smallest absolute Gasteiger partial charge is 0.184 e. The van der Waals surface area contributed by atoms with Crippen LogP contribution in [0.2, 0.25) is 0 Å². The van der Waals surface area contributed by atoms with E-state index in [4.69, 9.17) is 0 Å². The van der Waals surface area contributed by atoms with Crippen LogP contribution in [0.1, 0.15) is 16.5 Å². The molecule has 2 heterocycles. The van der Waals surface area contributed by atoms with Gasteiger partial charge in [-0.2, -0.15) is 0 Å². The number of aryl methyl sites for hydroxylation is 1. The molecule has 10 heteroatoms. The Labute approximate surface area is 175 Å². The molecular weight excluding hydrogens is 435 g/mol. The summed E-state index contributed by atoms with van der Waals surface area (Å²) in [5.41, 5.74) is 0.276. The number of benzene rings is 1. The topological polar surface area (TPSA) is 83.5 Å². The zero-order valence-corrected chi connectivity index (χ0v) is 18.9. The molecule has 0 radical (unpaired) electrons. The van der Waals surface area contributed by atoms with Gasteiger partial charge in [-0.3, -0.25) is 0 Å². The normalized spacial score (nSPS) is 22.8. The van der Waals surface area contributed by atoms with Gasteiger partial charge in [-0.1, -0.05) is 6.07 Å². The molecule has 3 rings (SSSR count). The van der Waals surface area contributed by atoms with E-state index in [2.05, 4.69) is 5.32 Å². The zero-order valence-electron chi connectivity index (χ0n) is 16.5. The largest absolute Gasteiger partial charge is 0.310 e. The lowest BCUT2D eigenvalue weighted by Crippen LogP contribution is -2.46. The molecule has 29 heavy (non-hydrogen) atoms. The van der Waals surface area contributed by atoms with Gasteiger partial charge in [0.2, 0.25) is 0 Å². The quantitative estimate of drug-likeness (QED) is 0.637. The molecule has 3 atom stereocenters. The molecule has 0 spiro atoms. The summed E-state index contributed by atoms with van der Waals surface area (Å²) in [7, 11) is -3.60. The molecule has 1 N–H and O–H groups in total. The molecule has 6 nitrogen and oxygen atoms in total. The van der Waals surface area contributed by atoms with Crippen molar-refractivity contribution in [2.45, 2.75) is 29.2 Å². The van der Waals surface area contributed by atoms with Crippen molar-refractivity contribution >= 4 is 31.0 Å². The minimum Gasteiger partial charge on any atom is -0.310 e. The second-order valence-corrected chi connectivity index (χ2v) is 12.8. The highest BCUT2D eigenvalue weighted by Crippen LogP contribution is 2.29. The summed E-state index contributed by atoms with van der Waals surface area (Å²) in [5.74, 6) is -1.20. The number of hydrogen-bond acceptors (Lipinski definition) is 7. The maximum Gasteiger partial charge on any atom is 0.184 e. The number of thiophene rings is 1. The maximum absolute atomic E-state index is 13.4. The Morgan fingerprint density at radius 2 is 2.00 bits per heavy atom. The molecule has 1 aromatic heterocycles. The second-order valence-electron chi connectivity index (χ2n) is 7.58. The third-order valence-corrected chi connectivity index (χ3v) is 10.5. The molecule has 160 valence electrons. The molecule has 1 aliphatic heterocycles. The fourth-order valence-electron chi connectivity index (χ4n) is 3.69.